The number of nitrogens with zero attached hydrogens (tertiary/aromatic N) is 2. The second-order valence-corrected chi connectivity index (χ2v) is 4.98. The molecule has 0 aliphatic heterocycles. The van der Waals surface area contributed by atoms with E-state index in [4.69, 9.17) is 10.4 Å². The van der Waals surface area contributed by atoms with Gasteiger partial charge >= 0.3 is 0 Å². The minimum absolute atomic E-state index is 0.106. The van der Waals surface area contributed by atoms with E-state index in [0.717, 1.165) is 7.11 Å². The molecule has 2 aromatic rings. The zero-order valence-electron chi connectivity index (χ0n) is 12.5. The van der Waals surface area contributed by atoms with E-state index in [1.165, 1.54) is 36.5 Å². The van der Waals surface area contributed by atoms with Crippen molar-refractivity contribution in [3.8, 4) is 17.3 Å². The van der Waals surface area contributed by atoms with Crippen molar-refractivity contribution >= 4 is 0 Å². The van der Waals surface area contributed by atoms with Crippen molar-refractivity contribution in [1.82, 2.24) is 0 Å². The molecule has 2 rings (SSSR count). The van der Waals surface area contributed by atoms with Crippen LogP contribution in [-0.2, 0) is 5.41 Å². The minimum atomic E-state index is -1.03. The molecule has 0 saturated heterocycles. The predicted octanol–water partition coefficient (Wildman–Crippen LogP) is 2.57. The Morgan fingerprint density at radius 3 is 2.14 bits per heavy atom. The highest BCUT2D eigenvalue weighted by molar-refractivity contribution is 5.58. The highest BCUT2D eigenvalue weighted by Crippen LogP contribution is 2.29. The number of aliphatic hydroxyl groups excluding tert-OH is 1. The van der Waals surface area contributed by atoms with E-state index in [2.05, 4.69) is 0 Å². The summed E-state index contributed by atoms with van der Waals surface area (Å²) in [5.41, 5.74) is -0.648. The molecular formula is C16H17F2N2O2+. The van der Waals surface area contributed by atoms with Gasteiger partial charge in [0.15, 0.2) is 0 Å². The number of nitriles is 1. The van der Waals surface area contributed by atoms with Crippen molar-refractivity contribution in [3.63, 3.8) is 0 Å². The van der Waals surface area contributed by atoms with Crippen molar-refractivity contribution in [2.24, 2.45) is 0 Å². The minimum Gasteiger partial charge on any atom is -0.400 e. The Hall–Kier alpha value is -2.52. The molecule has 0 radical (unpaired) electrons. The topological polar surface area (TPSA) is 68.1 Å². The lowest BCUT2D eigenvalue weighted by molar-refractivity contribution is -0.897. The van der Waals surface area contributed by atoms with E-state index in [1.54, 1.807) is 13.8 Å². The Morgan fingerprint density at radius 1 is 1.09 bits per heavy atom. The lowest BCUT2D eigenvalue weighted by Gasteiger charge is -2.16. The highest BCUT2D eigenvalue weighted by Gasteiger charge is 2.31. The van der Waals surface area contributed by atoms with Crippen molar-refractivity contribution in [2.45, 2.75) is 19.3 Å². The molecule has 1 aromatic heterocycles. The van der Waals surface area contributed by atoms with Crippen LogP contribution in [0.2, 0.25) is 0 Å². The molecule has 1 heterocycles. The summed E-state index contributed by atoms with van der Waals surface area (Å²) in [5.74, 6) is -1.15. The fourth-order valence-corrected chi connectivity index (χ4v) is 1.93. The molecule has 22 heavy (non-hydrogen) atoms. The largest absolute Gasteiger partial charge is 0.400 e. The van der Waals surface area contributed by atoms with Crippen LogP contribution < -0.4 is 4.73 Å². The third kappa shape index (κ3) is 3.38. The maximum Gasteiger partial charge on any atom is 0.300 e. The molecular weight excluding hydrogens is 290 g/mol. The number of rotatable bonds is 2. The summed E-state index contributed by atoms with van der Waals surface area (Å²) in [5, 5.41) is 25.9. The summed E-state index contributed by atoms with van der Waals surface area (Å²) in [7, 11) is 1.00. The van der Waals surface area contributed by atoms with Gasteiger partial charge in [-0.1, -0.05) is 0 Å². The molecule has 0 aliphatic rings. The Morgan fingerprint density at radius 2 is 1.64 bits per heavy atom. The summed E-state index contributed by atoms with van der Waals surface area (Å²) < 4.78 is 28.1. The second kappa shape index (κ2) is 6.96. The van der Waals surface area contributed by atoms with Crippen LogP contribution in [0.25, 0.3) is 11.3 Å². The summed E-state index contributed by atoms with van der Waals surface area (Å²) in [6, 6.07) is 8.45. The van der Waals surface area contributed by atoms with Gasteiger partial charge in [-0.05, 0) is 38.1 Å². The van der Waals surface area contributed by atoms with Crippen LogP contribution in [0.15, 0.2) is 36.5 Å². The molecule has 1 aromatic carbocycles. The average molecular weight is 307 g/mol. The van der Waals surface area contributed by atoms with Gasteiger partial charge in [0.25, 0.3) is 5.69 Å². The first-order valence-corrected chi connectivity index (χ1v) is 6.42. The van der Waals surface area contributed by atoms with Gasteiger partial charge in [0, 0.05) is 23.5 Å². The molecule has 0 spiro atoms. The first kappa shape index (κ1) is 17.5. The number of halogens is 2. The smallest absolute Gasteiger partial charge is 0.300 e. The van der Waals surface area contributed by atoms with Crippen molar-refractivity contribution < 1.29 is 23.8 Å². The number of aliphatic hydroxyl groups is 1. The van der Waals surface area contributed by atoms with E-state index < -0.39 is 17.0 Å². The molecule has 4 nitrogen and oxygen atoms in total. The number of hydrogen-bond donors (Lipinski definition) is 2. The zero-order chi connectivity index (χ0) is 16.9. The Labute approximate surface area is 127 Å². The maximum absolute atomic E-state index is 14.6. The SMILES string of the molecule is CC(C)(C#N)c1cc[n+](O)c(-c2ccc(F)cc2)c1F.CO. The lowest BCUT2D eigenvalue weighted by Crippen LogP contribution is -2.35. The van der Waals surface area contributed by atoms with Crippen LogP contribution in [0.5, 0.6) is 0 Å². The fourth-order valence-electron chi connectivity index (χ4n) is 1.93. The Balaban J connectivity index is 0.00000116. The summed E-state index contributed by atoms with van der Waals surface area (Å²) in [6.07, 6.45) is 1.26. The Kier molecular flexibility index (Phi) is 5.55. The van der Waals surface area contributed by atoms with Gasteiger partial charge in [0.2, 0.25) is 12.0 Å². The van der Waals surface area contributed by atoms with Gasteiger partial charge < -0.3 is 5.11 Å². The standard InChI is InChI=1S/C15H13F2N2O.CH4O/c1-15(2,9-18)12-7-8-19(20)14(13(12)17)10-3-5-11(16)6-4-10;1-2/h3-8,20H,1-2H3;2H,1H3/q+1;. The molecule has 0 saturated carbocycles. The van der Waals surface area contributed by atoms with Crippen LogP contribution >= 0.6 is 0 Å². The summed E-state index contributed by atoms with van der Waals surface area (Å²) in [4.78, 5) is 0. The van der Waals surface area contributed by atoms with Crippen LogP contribution in [0.3, 0.4) is 0 Å². The predicted molar refractivity (Wildman–Crippen MR) is 76.0 cm³/mol. The lowest BCUT2D eigenvalue weighted by atomic mass is 9.85. The first-order chi connectivity index (χ1) is 10.4. The molecule has 116 valence electrons. The quantitative estimate of drug-likeness (QED) is 0.662. The molecule has 6 heteroatoms. The van der Waals surface area contributed by atoms with Gasteiger partial charge in [-0.25, -0.2) is 4.39 Å². The molecule has 0 atom stereocenters. The van der Waals surface area contributed by atoms with Crippen LogP contribution in [0.4, 0.5) is 8.78 Å². The van der Waals surface area contributed by atoms with E-state index in [9.17, 15) is 14.0 Å². The molecule has 0 bridgehead atoms. The molecule has 0 amide bonds. The molecule has 2 N–H and O–H groups in total. The van der Waals surface area contributed by atoms with Crippen molar-refractivity contribution in [2.75, 3.05) is 7.11 Å². The van der Waals surface area contributed by atoms with Crippen LogP contribution in [0, 0.1) is 23.0 Å². The summed E-state index contributed by atoms with van der Waals surface area (Å²) in [6.45, 7) is 3.17. The van der Waals surface area contributed by atoms with E-state index >= 15 is 0 Å². The van der Waals surface area contributed by atoms with Crippen molar-refractivity contribution in [3.05, 3.63) is 53.7 Å². The van der Waals surface area contributed by atoms with Crippen LogP contribution in [-0.4, -0.2) is 17.4 Å². The average Bonchev–Trinajstić information content (AvgIpc) is 2.51. The third-order valence-corrected chi connectivity index (χ3v) is 3.13. The maximum atomic E-state index is 14.6. The monoisotopic (exact) mass is 307 g/mol. The molecule has 0 aliphatic carbocycles. The van der Waals surface area contributed by atoms with E-state index in [0.29, 0.717) is 10.3 Å². The third-order valence-electron chi connectivity index (χ3n) is 3.13. The number of pyridine rings is 1. The number of aromatic nitrogens is 1. The van der Waals surface area contributed by atoms with Gasteiger partial charge in [0.1, 0.15) is 5.82 Å². The summed E-state index contributed by atoms with van der Waals surface area (Å²) >= 11 is 0. The van der Waals surface area contributed by atoms with E-state index in [1.807, 2.05) is 6.07 Å². The van der Waals surface area contributed by atoms with Gasteiger partial charge in [-0.15, -0.1) is 0 Å². The van der Waals surface area contributed by atoms with Crippen molar-refractivity contribution in [1.29, 1.82) is 5.26 Å². The molecule has 0 unspecified atom stereocenters. The van der Waals surface area contributed by atoms with Gasteiger partial charge in [-0.2, -0.15) is 9.65 Å². The number of hydrogen-bond acceptors (Lipinski definition) is 3. The zero-order valence-corrected chi connectivity index (χ0v) is 12.5. The normalized spacial score (nSPS) is 10.4. The Bertz CT molecular complexity index is 693. The van der Waals surface area contributed by atoms with Gasteiger partial charge in [0.05, 0.1) is 17.0 Å². The first-order valence-electron chi connectivity index (χ1n) is 6.42. The molecule has 0 fully saturated rings. The highest BCUT2D eigenvalue weighted by atomic mass is 19.1. The van der Waals surface area contributed by atoms with E-state index in [-0.39, 0.29) is 11.3 Å². The number of benzene rings is 1. The fraction of sp³-hybridized carbons (Fsp3) is 0.250. The van der Waals surface area contributed by atoms with Gasteiger partial charge in [-0.3, -0.25) is 5.21 Å². The van der Waals surface area contributed by atoms with Crippen LogP contribution in [0.1, 0.15) is 19.4 Å². The second-order valence-electron chi connectivity index (χ2n) is 4.98.